The maximum atomic E-state index is 12.4. The van der Waals surface area contributed by atoms with Crippen LogP contribution < -0.4 is 0 Å². The summed E-state index contributed by atoms with van der Waals surface area (Å²) in [7, 11) is 0. The van der Waals surface area contributed by atoms with Gasteiger partial charge in [0.05, 0.1) is 6.26 Å². The summed E-state index contributed by atoms with van der Waals surface area (Å²) in [5, 5.41) is 4.05. The van der Waals surface area contributed by atoms with Gasteiger partial charge in [-0.25, -0.2) is 0 Å². The summed E-state index contributed by atoms with van der Waals surface area (Å²) < 4.78 is 10.5. The molecular formula is C16H19N3O3. The summed E-state index contributed by atoms with van der Waals surface area (Å²) in [5.41, 5.74) is 0. The molecule has 1 amide bonds. The van der Waals surface area contributed by atoms with Crippen molar-refractivity contribution in [2.24, 2.45) is 0 Å². The highest BCUT2D eigenvalue weighted by atomic mass is 16.5. The van der Waals surface area contributed by atoms with Crippen molar-refractivity contribution >= 4 is 5.91 Å². The molecule has 4 rings (SSSR count). The molecule has 1 unspecified atom stereocenters. The summed E-state index contributed by atoms with van der Waals surface area (Å²) in [4.78, 5) is 18.8. The van der Waals surface area contributed by atoms with Crippen LogP contribution >= 0.6 is 0 Å². The van der Waals surface area contributed by atoms with Gasteiger partial charge in [0.1, 0.15) is 0 Å². The summed E-state index contributed by atoms with van der Waals surface area (Å²) in [5.74, 6) is 2.44. The summed E-state index contributed by atoms with van der Waals surface area (Å²) in [6.45, 7) is 0.795. The summed E-state index contributed by atoms with van der Waals surface area (Å²) >= 11 is 0. The molecule has 0 N–H and O–H groups in total. The fourth-order valence-corrected chi connectivity index (χ4v) is 3.11. The molecule has 0 radical (unpaired) electrons. The number of hydrogen-bond donors (Lipinski definition) is 0. The number of aryl methyl sites for hydroxylation is 1. The van der Waals surface area contributed by atoms with E-state index < -0.39 is 0 Å². The third kappa shape index (κ3) is 2.65. The lowest BCUT2D eigenvalue weighted by Gasteiger charge is -2.23. The van der Waals surface area contributed by atoms with E-state index in [1.54, 1.807) is 12.1 Å². The first-order chi connectivity index (χ1) is 10.8. The zero-order valence-electron chi connectivity index (χ0n) is 12.4. The average molecular weight is 301 g/mol. The lowest BCUT2D eigenvalue weighted by atomic mass is 10.1. The smallest absolute Gasteiger partial charge is 0.289 e. The molecule has 2 aliphatic rings. The molecule has 6 nitrogen and oxygen atoms in total. The second-order valence-corrected chi connectivity index (χ2v) is 6.13. The van der Waals surface area contributed by atoms with Gasteiger partial charge in [-0.2, -0.15) is 4.98 Å². The Morgan fingerprint density at radius 1 is 1.36 bits per heavy atom. The van der Waals surface area contributed by atoms with Crippen molar-refractivity contribution in [3.05, 3.63) is 35.9 Å². The third-order valence-corrected chi connectivity index (χ3v) is 4.48. The van der Waals surface area contributed by atoms with E-state index in [9.17, 15) is 4.79 Å². The Labute approximate surface area is 128 Å². The highest BCUT2D eigenvalue weighted by molar-refractivity contribution is 5.91. The molecule has 2 aromatic rings. The zero-order chi connectivity index (χ0) is 14.9. The number of rotatable bonds is 5. The molecule has 22 heavy (non-hydrogen) atoms. The van der Waals surface area contributed by atoms with Crippen LogP contribution in [0.1, 0.15) is 60.3 Å². The van der Waals surface area contributed by atoms with Crippen molar-refractivity contribution in [2.45, 2.75) is 50.5 Å². The summed E-state index contributed by atoms with van der Waals surface area (Å²) in [6, 6.07) is 3.70. The highest BCUT2D eigenvalue weighted by Gasteiger charge is 2.32. The van der Waals surface area contributed by atoms with E-state index in [4.69, 9.17) is 8.94 Å². The summed E-state index contributed by atoms with van der Waals surface area (Å²) in [6.07, 6.45) is 7.55. The molecule has 1 aliphatic heterocycles. The predicted octanol–water partition coefficient (Wildman–Crippen LogP) is 2.78. The minimum atomic E-state index is -0.0146. The first-order valence-corrected chi connectivity index (χ1v) is 7.98. The molecular weight excluding hydrogens is 282 g/mol. The number of carbonyl (C=O) groups is 1. The first kappa shape index (κ1) is 13.5. The van der Waals surface area contributed by atoms with Gasteiger partial charge in [-0.1, -0.05) is 5.16 Å². The van der Waals surface area contributed by atoms with Crippen LogP contribution in [0.4, 0.5) is 0 Å². The molecule has 0 aromatic carbocycles. The van der Waals surface area contributed by atoms with Crippen LogP contribution in [-0.4, -0.2) is 33.5 Å². The molecule has 2 fully saturated rings. The van der Waals surface area contributed by atoms with E-state index in [0.717, 1.165) is 56.8 Å². The maximum Gasteiger partial charge on any atom is 0.289 e. The van der Waals surface area contributed by atoms with E-state index in [1.807, 2.05) is 4.90 Å². The van der Waals surface area contributed by atoms with Gasteiger partial charge in [0, 0.05) is 24.9 Å². The number of likely N-dealkylation sites (tertiary alicyclic amines) is 1. The molecule has 1 saturated heterocycles. The molecule has 1 atom stereocenters. The molecule has 2 aromatic heterocycles. The quantitative estimate of drug-likeness (QED) is 0.849. The van der Waals surface area contributed by atoms with Gasteiger partial charge < -0.3 is 13.8 Å². The third-order valence-electron chi connectivity index (χ3n) is 4.48. The zero-order valence-corrected chi connectivity index (χ0v) is 12.4. The maximum absolute atomic E-state index is 12.4. The van der Waals surface area contributed by atoms with Crippen LogP contribution in [0, 0.1) is 0 Å². The van der Waals surface area contributed by atoms with Crippen LogP contribution in [0.2, 0.25) is 0 Å². The number of hydrogen-bond acceptors (Lipinski definition) is 5. The first-order valence-electron chi connectivity index (χ1n) is 7.98. The topological polar surface area (TPSA) is 72.4 Å². The minimum absolute atomic E-state index is 0.0146. The van der Waals surface area contributed by atoms with Gasteiger partial charge in [-0.15, -0.1) is 0 Å². The van der Waals surface area contributed by atoms with Gasteiger partial charge in [-0.3, -0.25) is 4.79 Å². The molecule has 0 bridgehead atoms. The van der Waals surface area contributed by atoms with Crippen LogP contribution in [-0.2, 0) is 6.42 Å². The molecule has 116 valence electrons. The van der Waals surface area contributed by atoms with E-state index in [1.165, 1.54) is 6.26 Å². The van der Waals surface area contributed by atoms with Crippen molar-refractivity contribution in [1.82, 2.24) is 15.0 Å². The fourth-order valence-electron chi connectivity index (χ4n) is 3.11. The van der Waals surface area contributed by atoms with Gasteiger partial charge in [0.15, 0.2) is 11.6 Å². The lowest BCUT2D eigenvalue weighted by molar-refractivity contribution is 0.0698. The standard InChI is InChI=1S/C16H19N3O3/c20-16(13-4-2-10-21-13)19-9-1-3-12(19)7-8-14-17-15(22-18-14)11-5-6-11/h2,4,10-12H,1,3,5-9H2. The Balaban J connectivity index is 1.37. The van der Waals surface area contributed by atoms with E-state index in [2.05, 4.69) is 10.1 Å². The normalized spacial score (nSPS) is 21.5. The lowest BCUT2D eigenvalue weighted by Crippen LogP contribution is -2.35. The second kappa shape index (κ2) is 5.59. The molecule has 1 saturated carbocycles. The Hall–Kier alpha value is -2.11. The van der Waals surface area contributed by atoms with Gasteiger partial charge >= 0.3 is 0 Å². The molecule has 1 aliphatic carbocycles. The van der Waals surface area contributed by atoms with Crippen molar-refractivity contribution in [2.75, 3.05) is 6.54 Å². The van der Waals surface area contributed by atoms with Crippen molar-refractivity contribution in [3.8, 4) is 0 Å². The largest absolute Gasteiger partial charge is 0.459 e. The van der Waals surface area contributed by atoms with Crippen molar-refractivity contribution < 1.29 is 13.7 Å². The Morgan fingerprint density at radius 3 is 3.05 bits per heavy atom. The number of nitrogens with zero attached hydrogens (tertiary/aromatic N) is 3. The van der Waals surface area contributed by atoms with Crippen LogP contribution in [0.3, 0.4) is 0 Å². The van der Waals surface area contributed by atoms with Gasteiger partial charge in [-0.05, 0) is 44.2 Å². The Bertz CT molecular complexity index is 645. The van der Waals surface area contributed by atoms with Gasteiger partial charge in [0.25, 0.3) is 5.91 Å². The van der Waals surface area contributed by atoms with Crippen molar-refractivity contribution in [3.63, 3.8) is 0 Å². The van der Waals surface area contributed by atoms with Crippen LogP contribution in [0.5, 0.6) is 0 Å². The van der Waals surface area contributed by atoms with Gasteiger partial charge in [0.2, 0.25) is 5.89 Å². The fraction of sp³-hybridized carbons (Fsp3) is 0.562. The average Bonchev–Trinajstić information content (AvgIpc) is 3.02. The SMILES string of the molecule is O=C(c1ccco1)N1CCCC1CCc1noc(C2CC2)n1. The molecule has 0 spiro atoms. The van der Waals surface area contributed by atoms with Crippen LogP contribution in [0.15, 0.2) is 27.3 Å². The van der Waals surface area contributed by atoms with Crippen molar-refractivity contribution in [1.29, 1.82) is 0 Å². The minimum Gasteiger partial charge on any atom is -0.459 e. The van der Waals surface area contributed by atoms with E-state index in [0.29, 0.717) is 11.7 Å². The number of amides is 1. The Kier molecular flexibility index (Phi) is 3.44. The highest BCUT2D eigenvalue weighted by Crippen LogP contribution is 2.38. The van der Waals surface area contributed by atoms with Crippen LogP contribution in [0.25, 0.3) is 0 Å². The monoisotopic (exact) mass is 301 g/mol. The Morgan fingerprint density at radius 2 is 2.27 bits per heavy atom. The number of aromatic nitrogens is 2. The predicted molar refractivity (Wildman–Crippen MR) is 77.4 cm³/mol. The second-order valence-electron chi connectivity index (χ2n) is 6.13. The number of carbonyl (C=O) groups excluding carboxylic acids is 1. The van der Waals surface area contributed by atoms with E-state index >= 15 is 0 Å². The molecule has 6 heteroatoms. The number of furan rings is 1. The van der Waals surface area contributed by atoms with E-state index in [-0.39, 0.29) is 11.9 Å². The molecule has 3 heterocycles.